The molecule has 172 valence electrons. The average molecular weight is 472 g/mol. The molecule has 2 rings (SSSR count). The lowest BCUT2D eigenvalue weighted by Gasteiger charge is -2.41. The number of aromatic nitrogens is 2. The Balaban J connectivity index is 2.15. The van der Waals surface area contributed by atoms with Crippen LogP contribution in [0.15, 0.2) is 12.4 Å². The number of halogens is 1. The maximum atomic E-state index is 6.89. The Labute approximate surface area is 191 Å². The molecule has 0 radical (unpaired) electrons. The summed E-state index contributed by atoms with van der Waals surface area (Å²) in [6.07, 6.45) is 3.67. The van der Waals surface area contributed by atoms with Crippen molar-refractivity contribution >= 4 is 34.1 Å². The van der Waals surface area contributed by atoms with Gasteiger partial charge in [0.1, 0.15) is 17.3 Å². The summed E-state index contributed by atoms with van der Waals surface area (Å²) < 4.78 is 13.5. The molecule has 1 heterocycles. The van der Waals surface area contributed by atoms with Crippen molar-refractivity contribution in [1.29, 1.82) is 0 Å². The van der Waals surface area contributed by atoms with Crippen LogP contribution in [0.4, 0.5) is 5.82 Å². The highest BCUT2D eigenvalue weighted by molar-refractivity contribution is 6.74. The van der Waals surface area contributed by atoms with E-state index in [4.69, 9.17) is 20.5 Å². The van der Waals surface area contributed by atoms with E-state index >= 15 is 0 Å². The van der Waals surface area contributed by atoms with Crippen LogP contribution in [0.3, 0.4) is 0 Å². The van der Waals surface area contributed by atoms with E-state index in [1.54, 1.807) is 6.07 Å². The summed E-state index contributed by atoms with van der Waals surface area (Å²) in [6.45, 7) is 23.9. The number of nitrogens with one attached hydrogen (secondary N) is 1. The Morgan fingerprint density at radius 2 is 1.60 bits per heavy atom. The fraction of sp³-hybridized carbons (Fsp3) is 0.818. The van der Waals surface area contributed by atoms with Gasteiger partial charge in [-0.25, -0.2) is 9.97 Å². The quantitative estimate of drug-likeness (QED) is 0.352. The topological polar surface area (TPSA) is 56.3 Å². The molecule has 0 spiro atoms. The molecule has 0 saturated heterocycles. The van der Waals surface area contributed by atoms with Gasteiger partial charge in [0.2, 0.25) is 0 Å². The highest BCUT2D eigenvalue weighted by Crippen LogP contribution is 2.42. The van der Waals surface area contributed by atoms with Gasteiger partial charge in [0.15, 0.2) is 16.6 Å². The zero-order valence-corrected chi connectivity index (χ0v) is 23.4. The zero-order chi connectivity index (χ0) is 23.0. The third kappa shape index (κ3) is 6.51. The van der Waals surface area contributed by atoms with Crippen molar-refractivity contribution in [2.24, 2.45) is 5.92 Å². The van der Waals surface area contributed by atoms with Crippen molar-refractivity contribution in [3.05, 3.63) is 17.5 Å². The fourth-order valence-corrected chi connectivity index (χ4v) is 5.84. The summed E-state index contributed by atoms with van der Waals surface area (Å²) in [5, 5.41) is 4.39. The van der Waals surface area contributed by atoms with Gasteiger partial charge in [0, 0.05) is 24.6 Å². The summed E-state index contributed by atoms with van der Waals surface area (Å²) in [4.78, 5) is 8.30. The predicted octanol–water partition coefficient (Wildman–Crippen LogP) is 6.73. The first kappa shape index (κ1) is 25.8. The first-order chi connectivity index (χ1) is 13.5. The standard InChI is InChI=1S/C22H42ClN3O2Si2/c1-21(2,3)29(7,8)27-14-16-11-17(26-20-13-19(23)24-15-25-20)12-18(16)28-30(9,10)22(4,5)6/h13,15-18H,11-12,14H2,1-10H3,(H,24,25,26). The van der Waals surface area contributed by atoms with Gasteiger partial charge in [0.05, 0.1) is 6.10 Å². The molecule has 8 heteroatoms. The van der Waals surface area contributed by atoms with Crippen molar-refractivity contribution < 1.29 is 8.85 Å². The first-order valence-electron chi connectivity index (χ1n) is 11.1. The monoisotopic (exact) mass is 471 g/mol. The molecule has 1 aromatic rings. The molecule has 30 heavy (non-hydrogen) atoms. The van der Waals surface area contributed by atoms with E-state index < -0.39 is 16.6 Å². The van der Waals surface area contributed by atoms with Gasteiger partial charge in [-0.05, 0) is 49.1 Å². The predicted molar refractivity (Wildman–Crippen MR) is 132 cm³/mol. The van der Waals surface area contributed by atoms with Crippen molar-refractivity contribution in [2.45, 2.75) is 103 Å². The normalized spacial score (nSPS) is 23.6. The van der Waals surface area contributed by atoms with E-state index in [9.17, 15) is 0 Å². The fourth-order valence-electron chi connectivity index (χ4n) is 3.23. The highest BCUT2D eigenvalue weighted by atomic mass is 35.5. The molecule has 0 aromatic carbocycles. The average Bonchev–Trinajstić information content (AvgIpc) is 2.91. The van der Waals surface area contributed by atoms with Crippen LogP contribution in [0.5, 0.6) is 0 Å². The van der Waals surface area contributed by atoms with E-state index in [-0.39, 0.29) is 16.2 Å². The van der Waals surface area contributed by atoms with E-state index in [0.717, 1.165) is 25.3 Å². The summed E-state index contributed by atoms with van der Waals surface area (Å²) in [6, 6.07) is 2.07. The Morgan fingerprint density at radius 1 is 1.00 bits per heavy atom. The van der Waals surface area contributed by atoms with Crippen LogP contribution in [0.1, 0.15) is 54.4 Å². The van der Waals surface area contributed by atoms with Gasteiger partial charge in [-0.1, -0.05) is 53.1 Å². The molecule has 0 aliphatic heterocycles. The third-order valence-electron chi connectivity index (χ3n) is 7.33. The molecule has 5 nitrogen and oxygen atoms in total. The number of rotatable bonds is 7. The number of anilines is 1. The van der Waals surface area contributed by atoms with Crippen LogP contribution >= 0.6 is 11.6 Å². The van der Waals surface area contributed by atoms with E-state index in [1.807, 2.05) is 0 Å². The Hall–Kier alpha value is -0.476. The van der Waals surface area contributed by atoms with Gasteiger partial charge < -0.3 is 14.2 Å². The lowest BCUT2D eigenvalue weighted by Crippen LogP contribution is -2.46. The summed E-state index contributed by atoms with van der Waals surface area (Å²) in [5.41, 5.74) is 0. The number of hydrogen-bond acceptors (Lipinski definition) is 5. The second kappa shape index (κ2) is 9.18. The molecule has 1 N–H and O–H groups in total. The molecule has 3 unspecified atom stereocenters. The summed E-state index contributed by atoms with van der Waals surface area (Å²) >= 11 is 6.04. The minimum absolute atomic E-state index is 0.184. The van der Waals surface area contributed by atoms with Crippen LogP contribution in [0.25, 0.3) is 0 Å². The van der Waals surface area contributed by atoms with Gasteiger partial charge in [-0.2, -0.15) is 0 Å². The van der Waals surface area contributed by atoms with Crippen LogP contribution in [0.2, 0.25) is 41.4 Å². The first-order valence-corrected chi connectivity index (χ1v) is 17.3. The van der Waals surface area contributed by atoms with E-state index in [0.29, 0.717) is 17.1 Å². The van der Waals surface area contributed by atoms with Gasteiger partial charge >= 0.3 is 0 Å². The number of nitrogens with zero attached hydrogens (tertiary/aromatic N) is 2. The van der Waals surface area contributed by atoms with Crippen molar-refractivity contribution in [1.82, 2.24) is 9.97 Å². The molecule has 3 atom stereocenters. The van der Waals surface area contributed by atoms with Crippen molar-refractivity contribution in [3.8, 4) is 0 Å². The molecule has 0 bridgehead atoms. The second-order valence-corrected chi connectivity index (χ2v) is 21.7. The molecule has 0 amide bonds. The smallest absolute Gasteiger partial charge is 0.192 e. The highest BCUT2D eigenvalue weighted by Gasteiger charge is 2.45. The lowest BCUT2D eigenvalue weighted by atomic mass is 10.1. The third-order valence-corrected chi connectivity index (χ3v) is 16.5. The van der Waals surface area contributed by atoms with Gasteiger partial charge in [0.25, 0.3) is 0 Å². The van der Waals surface area contributed by atoms with Crippen molar-refractivity contribution in [3.63, 3.8) is 0 Å². The van der Waals surface area contributed by atoms with E-state index in [1.165, 1.54) is 6.33 Å². The van der Waals surface area contributed by atoms with Gasteiger partial charge in [-0.15, -0.1) is 0 Å². The molecular weight excluding hydrogens is 430 g/mol. The Kier molecular flexibility index (Phi) is 7.89. The largest absolute Gasteiger partial charge is 0.416 e. The minimum atomic E-state index is -1.87. The Morgan fingerprint density at radius 3 is 2.13 bits per heavy atom. The molecule has 1 fully saturated rings. The van der Waals surface area contributed by atoms with Crippen LogP contribution in [-0.4, -0.2) is 45.4 Å². The van der Waals surface area contributed by atoms with Crippen LogP contribution < -0.4 is 5.32 Å². The molecule has 1 aliphatic rings. The molecular formula is C22H42ClN3O2Si2. The molecule has 1 aliphatic carbocycles. The Bertz CT molecular complexity index is 717. The maximum Gasteiger partial charge on any atom is 0.192 e. The van der Waals surface area contributed by atoms with Crippen LogP contribution in [0, 0.1) is 5.92 Å². The second-order valence-electron chi connectivity index (χ2n) is 11.8. The van der Waals surface area contributed by atoms with E-state index in [2.05, 4.69) is 83.0 Å². The molecule has 1 saturated carbocycles. The SMILES string of the molecule is CC(C)(C)[Si](C)(C)OCC1CC(Nc2cc(Cl)ncn2)CC1O[Si](C)(C)C(C)(C)C. The minimum Gasteiger partial charge on any atom is -0.416 e. The lowest BCUT2D eigenvalue weighted by molar-refractivity contribution is 0.101. The van der Waals surface area contributed by atoms with Crippen molar-refractivity contribution in [2.75, 3.05) is 11.9 Å². The number of hydrogen-bond donors (Lipinski definition) is 1. The van der Waals surface area contributed by atoms with Crippen LogP contribution in [-0.2, 0) is 8.85 Å². The summed E-state index contributed by atoms with van der Waals surface area (Å²) in [7, 11) is -3.68. The van der Waals surface area contributed by atoms with Gasteiger partial charge in [-0.3, -0.25) is 0 Å². The zero-order valence-electron chi connectivity index (χ0n) is 20.6. The molecule has 1 aromatic heterocycles. The maximum absolute atomic E-state index is 6.89. The summed E-state index contributed by atoms with van der Waals surface area (Å²) in [5.74, 6) is 1.15.